The van der Waals surface area contributed by atoms with E-state index in [2.05, 4.69) is 5.73 Å². The molecule has 0 aliphatic heterocycles. The summed E-state index contributed by atoms with van der Waals surface area (Å²) in [6, 6.07) is 19.3. The molecule has 0 radical (unpaired) electrons. The van der Waals surface area contributed by atoms with Gasteiger partial charge in [0.05, 0.1) is 7.11 Å². The summed E-state index contributed by atoms with van der Waals surface area (Å²) in [5.74, 6) is 0.0190. The van der Waals surface area contributed by atoms with Crippen LogP contribution < -0.4 is 5.73 Å². The standard InChI is InChI=1S/C20H19NO3/c1-24-20(23)12-18(21)14-8-6-13(7-9-14)15-10-11-19(22)17-5-3-2-4-16(15)17/h2-11,18,22H,12,21H2,1H3/p+1/t18-/m0/s1. The first-order valence-corrected chi connectivity index (χ1v) is 7.81. The van der Waals surface area contributed by atoms with E-state index in [1.807, 2.05) is 54.6 Å². The van der Waals surface area contributed by atoms with Crippen LogP contribution in [0.1, 0.15) is 18.0 Å². The lowest BCUT2D eigenvalue weighted by Gasteiger charge is -2.11. The first kappa shape index (κ1) is 16.0. The molecule has 1 atom stereocenters. The molecule has 0 aliphatic carbocycles. The second-order valence-electron chi connectivity index (χ2n) is 5.78. The van der Waals surface area contributed by atoms with Gasteiger partial charge in [-0.25, -0.2) is 0 Å². The van der Waals surface area contributed by atoms with E-state index in [4.69, 9.17) is 4.74 Å². The smallest absolute Gasteiger partial charge is 0.311 e. The summed E-state index contributed by atoms with van der Waals surface area (Å²) in [6.07, 6.45) is 0.262. The summed E-state index contributed by atoms with van der Waals surface area (Å²) in [7, 11) is 1.38. The van der Waals surface area contributed by atoms with Crippen molar-refractivity contribution in [2.24, 2.45) is 0 Å². The molecule has 0 saturated heterocycles. The molecular weight excluding hydrogens is 302 g/mol. The number of esters is 1. The minimum Gasteiger partial charge on any atom is -0.507 e. The molecule has 0 bridgehead atoms. The average Bonchev–Trinajstić information content (AvgIpc) is 2.62. The third kappa shape index (κ3) is 3.09. The summed E-state index contributed by atoms with van der Waals surface area (Å²) in [4.78, 5) is 11.4. The maximum Gasteiger partial charge on any atom is 0.311 e. The van der Waals surface area contributed by atoms with Gasteiger partial charge in [0.25, 0.3) is 0 Å². The predicted octanol–water partition coefficient (Wildman–Crippen LogP) is 3.06. The summed E-state index contributed by atoms with van der Waals surface area (Å²) >= 11 is 0. The van der Waals surface area contributed by atoms with Gasteiger partial charge >= 0.3 is 5.97 Å². The molecule has 0 heterocycles. The van der Waals surface area contributed by atoms with Crippen LogP contribution in [0.5, 0.6) is 5.75 Å². The van der Waals surface area contributed by atoms with Crippen molar-refractivity contribution in [3.63, 3.8) is 0 Å². The molecule has 3 aromatic carbocycles. The first-order valence-electron chi connectivity index (χ1n) is 7.81. The summed E-state index contributed by atoms with van der Waals surface area (Å²) in [5.41, 5.74) is 7.13. The van der Waals surface area contributed by atoms with Gasteiger partial charge in [0.1, 0.15) is 18.2 Å². The fourth-order valence-electron chi connectivity index (χ4n) is 2.87. The van der Waals surface area contributed by atoms with Crippen LogP contribution in [0.2, 0.25) is 0 Å². The van der Waals surface area contributed by atoms with Crippen LogP contribution in [0.25, 0.3) is 21.9 Å². The first-order chi connectivity index (χ1) is 11.6. The van der Waals surface area contributed by atoms with Crippen LogP contribution in [-0.2, 0) is 9.53 Å². The largest absolute Gasteiger partial charge is 0.507 e. The van der Waals surface area contributed by atoms with E-state index in [1.54, 1.807) is 6.07 Å². The molecule has 0 saturated carbocycles. The van der Waals surface area contributed by atoms with Crippen LogP contribution in [0, 0.1) is 0 Å². The van der Waals surface area contributed by atoms with Gasteiger partial charge in [-0.1, -0.05) is 54.6 Å². The Hall–Kier alpha value is -2.85. The lowest BCUT2D eigenvalue weighted by molar-refractivity contribution is -0.425. The normalized spacial score (nSPS) is 12.1. The predicted molar refractivity (Wildman–Crippen MR) is 93.3 cm³/mol. The number of phenols is 1. The fourth-order valence-corrected chi connectivity index (χ4v) is 2.87. The number of carbonyl (C=O) groups excluding carboxylic acids is 1. The molecule has 0 unspecified atom stereocenters. The van der Waals surface area contributed by atoms with Crippen LogP contribution >= 0.6 is 0 Å². The molecular formula is C20H20NO3+. The van der Waals surface area contributed by atoms with Crippen LogP contribution in [0.15, 0.2) is 60.7 Å². The van der Waals surface area contributed by atoms with E-state index in [0.717, 1.165) is 27.5 Å². The highest BCUT2D eigenvalue weighted by atomic mass is 16.5. The molecule has 4 nitrogen and oxygen atoms in total. The monoisotopic (exact) mass is 322 g/mol. The van der Waals surface area contributed by atoms with Crippen molar-refractivity contribution >= 4 is 16.7 Å². The van der Waals surface area contributed by atoms with E-state index >= 15 is 0 Å². The Morgan fingerprint density at radius 2 is 1.71 bits per heavy atom. The number of phenolic OH excluding ortho intramolecular Hbond substituents is 1. The van der Waals surface area contributed by atoms with E-state index < -0.39 is 0 Å². The number of hydrogen-bond acceptors (Lipinski definition) is 3. The minimum atomic E-state index is -0.261. The number of aromatic hydroxyl groups is 1. The minimum absolute atomic E-state index is 0.136. The molecule has 3 rings (SSSR count). The van der Waals surface area contributed by atoms with Gasteiger partial charge in [0.2, 0.25) is 0 Å². The molecule has 0 fully saturated rings. The van der Waals surface area contributed by atoms with Crippen molar-refractivity contribution < 1.29 is 20.4 Å². The third-order valence-electron chi connectivity index (χ3n) is 4.23. The Morgan fingerprint density at radius 1 is 1.04 bits per heavy atom. The van der Waals surface area contributed by atoms with Gasteiger partial charge in [-0.2, -0.15) is 0 Å². The Bertz CT molecular complexity index is 872. The van der Waals surface area contributed by atoms with Gasteiger partial charge in [-0.3, -0.25) is 4.79 Å². The molecule has 0 amide bonds. The fraction of sp³-hybridized carbons (Fsp3) is 0.150. The van der Waals surface area contributed by atoms with Gasteiger partial charge in [-0.05, 0) is 22.6 Å². The Kier molecular flexibility index (Phi) is 4.49. The topological polar surface area (TPSA) is 74.2 Å². The van der Waals surface area contributed by atoms with Crippen molar-refractivity contribution in [2.75, 3.05) is 7.11 Å². The molecule has 3 aromatic rings. The molecule has 4 N–H and O–H groups in total. The number of hydrogen-bond donors (Lipinski definition) is 2. The molecule has 122 valence electrons. The number of carbonyl (C=O) groups is 1. The van der Waals surface area contributed by atoms with Gasteiger partial charge < -0.3 is 15.6 Å². The number of methoxy groups -OCH3 is 1. The quantitative estimate of drug-likeness (QED) is 0.725. The Labute approximate surface area is 140 Å². The zero-order valence-electron chi connectivity index (χ0n) is 13.5. The van der Waals surface area contributed by atoms with Crippen molar-refractivity contribution in [1.82, 2.24) is 0 Å². The van der Waals surface area contributed by atoms with Crippen molar-refractivity contribution in [3.8, 4) is 16.9 Å². The highest BCUT2D eigenvalue weighted by Crippen LogP contribution is 2.34. The second-order valence-corrected chi connectivity index (χ2v) is 5.78. The number of fused-ring (bicyclic) bond motifs is 1. The van der Waals surface area contributed by atoms with Gasteiger partial charge in [0, 0.05) is 10.9 Å². The van der Waals surface area contributed by atoms with Crippen molar-refractivity contribution in [2.45, 2.75) is 12.5 Å². The zero-order chi connectivity index (χ0) is 17.1. The third-order valence-corrected chi connectivity index (χ3v) is 4.23. The number of quaternary nitrogens is 1. The van der Waals surface area contributed by atoms with E-state index in [0.29, 0.717) is 0 Å². The van der Waals surface area contributed by atoms with Crippen LogP contribution in [-0.4, -0.2) is 18.2 Å². The maximum absolute atomic E-state index is 11.4. The van der Waals surface area contributed by atoms with Gasteiger partial charge in [-0.15, -0.1) is 0 Å². The van der Waals surface area contributed by atoms with E-state index in [9.17, 15) is 9.90 Å². The van der Waals surface area contributed by atoms with Crippen LogP contribution in [0.3, 0.4) is 0 Å². The molecule has 0 spiro atoms. The molecule has 24 heavy (non-hydrogen) atoms. The maximum atomic E-state index is 11.4. The Morgan fingerprint density at radius 3 is 2.38 bits per heavy atom. The molecule has 4 heteroatoms. The lowest BCUT2D eigenvalue weighted by Crippen LogP contribution is -2.54. The van der Waals surface area contributed by atoms with Crippen LogP contribution in [0.4, 0.5) is 0 Å². The highest BCUT2D eigenvalue weighted by molar-refractivity contribution is 5.99. The van der Waals surface area contributed by atoms with Crippen molar-refractivity contribution in [1.29, 1.82) is 0 Å². The number of rotatable bonds is 4. The average molecular weight is 322 g/mol. The SMILES string of the molecule is COC(=O)C[C@H]([NH3+])c1ccc(-c2ccc(O)c3ccccc23)cc1. The van der Waals surface area contributed by atoms with Gasteiger partial charge in [0.15, 0.2) is 0 Å². The number of ether oxygens (including phenoxy) is 1. The lowest BCUT2D eigenvalue weighted by atomic mass is 9.95. The Balaban J connectivity index is 1.94. The molecule has 0 aromatic heterocycles. The second kappa shape index (κ2) is 6.72. The van der Waals surface area contributed by atoms with Crippen molar-refractivity contribution in [3.05, 3.63) is 66.2 Å². The number of benzene rings is 3. The summed E-state index contributed by atoms with van der Waals surface area (Å²) in [5, 5.41) is 11.9. The summed E-state index contributed by atoms with van der Waals surface area (Å²) < 4.78 is 4.69. The highest BCUT2D eigenvalue weighted by Gasteiger charge is 2.15. The summed E-state index contributed by atoms with van der Waals surface area (Å²) in [6.45, 7) is 0. The zero-order valence-corrected chi connectivity index (χ0v) is 13.5. The van der Waals surface area contributed by atoms with E-state index in [-0.39, 0.29) is 24.2 Å². The van der Waals surface area contributed by atoms with E-state index in [1.165, 1.54) is 7.11 Å². The molecule has 0 aliphatic rings.